The summed E-state index contributed by atoms with van der Waals surface area (Å²) < 4.78 is 0. The van der Waals surface area contributed by atoms with Crippen molar-refractivity contribution in [3.05, 3.63) is 71.5 Å². The highest BCUT2D eigenvalue weighted by Crippen LogP contribution is 2.33. The predicted octanol–water partition coefficient (Wildman–Crippen LogP) is 5.01. The monoisotopic (exact) mass is 580 g/mol. The molecule has 0 saturated carbocycles. The zero-order chi connectivity index (χ0) is 29.8. The molecule has 0 radical (unpaired) electrons. The molecule has 1 amide bonds. The summed E-state index contributed by atoms with van der Waals surface area (Å²) in [7, 11) is 0. The Hall–Kier alpha value is -4.24. The van der Waals surface area contributed by atoms with Crippen LogP contribution in [0.1, 0.15) is 55.5 Å². The number of carboxylic acids is 1. The molecule has 1 atom stereocenters. The van der Waals surface area contributed by atoms with Crippen molar-refractivity contribution in [3.8, 4) is 0 Å². The lowest BCUT2D eigenvalue weighted by atomic mass is 9.92. The quantitative estimate of drug-likeness (QED) is 0.177. The first kappa shape index (κ1) is 28.9. The van der Waals surface area contributed by atoms with Gasteiger partial charge in [-0.1, -0.05) is 42.8 Å². The molecule has 2 aromatic heterocycles. The first-order chi connectivity index (χ1) is 21.0. The number of carbonyl (C=O) groups excluding carboxylic acids is 1. The maximum Gasteiger partial charge on any atom is 0.322 e. The molecule has 0 spiro atoms. The topological polar surface area (TPSA) is 125 Å². The molecule has 1 aliphatic heterocycles. The van der Waals surface area contributed by atoms with E-state index in [1.165, 1.54) is 35.2 Å². The number of aryl methyl sites for hydroxylation is 1. The Morgan fingerprint density at radius 1 is 0.953 bits per heavy atom. The molecule has 1 fully saturated rings. The number of carbonyl (C=O) groups is 2. The number of aromatic nitrogens is 2. The normalized spacial score (nSPS) is 17.2. The standard InChI is InChI=1S/C34H40N6O3/c35-27-12-8-9-23-16-17-24(37-32(23)27)21-39-19-20-40(22-30(39)34(42)43)31(41)15-2-1-7-18-36-33-25-10-3-5-13-28(25)38-29-14-6-4-11-26(29)33/h3,5,8-10,12-13,16-17,30H,1-2,4,6-7,11,14-15,18-22,35H2,(H,36,38)(H,42,43). The lowest BCUT2D eigenvalue weighted by Gasteiger charge is -2.39. The van der Waals surface area contributed by atoms with Gasteiger partial charge in [0, 0.05) is 61.3 Å². The predicted molar refractivity (Wildman–Crippen MR) is 170 cm³/mol. The van der Waals surface area contributed by atoms with Crippen LogP contribution >= 0.6 is 0 Å². The van der Waals surface area contributed by atoms with Crippen LogP contribution in [0.25, 0.3) is 21.8 Å². The fourth-order valence-electron chi connectivity index (χ4n) is 6.50. The van der Waals surface area contributed by atoms with E-state index in [1.807, 2.05) is 41.3 Å². The number of fused-ring (bicyclic) bond motifs is 3. The Balaban J connectivity index is 0.985. The number of piperazine rings is 1. The number of carboxylic acid groups (broad SMARTS) is 1. The van der Waals surface area contributed by atoms with Gasteiger partial charge in [0.15, 0.2) is 0 Å². The van der Waals surface area contributed by atoms with E-state index in [9.17, 15) is 14.7 Å². The highest BCUT2D eigenvalue weighted by atomic mass is 16.4. The lowest BCUT2D eigenvalue weighted by Crippen LogP contribution is -2.57. The summed E-state index contributed by atoms with van der Waals surface area (Å²) in [6.07, 6.45) is 7.64. The van der Waals surface area contributed by atoms with Gasteiger partial charge in [-0.3, -0.25) is 19.5 Å². The molecule has 224 valence electrons. The Kier molecular flexibility index (Phi) is 8.69. The van der Waals surface area contributed by atoms with Gasteiger partial charge in [-0.05, 0) is 62.3 Å². The van der Waals surface area contributed by atoms with E-state index in [-0.39, 0.29) is 12.5 Å². The minimum atomic E-state index is -0.922. The van der Waals surface area contributed by atoms with Gasteiger partial charge in [-0.25, -0.2) is 4.98 Å². The zero-order valence-electron chi connectivity index (χ0n) is 24.6. The molecule has 1 aliphatic carbocycles. The van der Waals surface area contributed by atoms with E-state index >= 15 is 0 Å². The third-order valence-electron chi connectivity index (χ3n) is 8.84. The molecule has 4 N–H and O–H groups in total. The maximum atomic E-state index is 13.0. The number of benzene rings is 2. The Morgan fingerprint density at radius 2 is 1.81 bits per heavy atom. The number of hydrogen-bond donors (Lipinski definition) is 3. The van der Waals surface area contributed by atoms with Crippen LogP contribution < -0.4 is 11.1 Å². The van der Waals surface area contributed by atoms with E-state index < -0.39 is 12.0 Å². The average Bonchev–Trinajstić information content (AvgIpc) is 3.02. The number of nitrogens with zero attached hydrogens (tertiary/aromatic N) is 4. The SMILES string of the molecule is Nc1cccc2ccc(CN3CCN(C(=O)CCCCCNc4c5c(nc6ccccc46)CCCC5)CC3C(=O)O)nc12. The van der Waals surface area contributed by atoms with Gasteiger partial charge in [-0.2, -0.15) is 0 Å². The van der Waals surface area contributed by atoms with Crippen molar-refractivity contribution in [2.24, 2.45) is 0 Å². The molecule has 1 saturated heterocycles. The number of hydrogen-bond acceptors (Lipinski definition) is 7. The maximum absolute atomic E-state index is 13.0. The number of amides is 1. The van der Waals surface area contributed by atoms with Gasteiger partial charge >= 0.3 is 5.97 Å². The first-order valence-electron chi connectivity index (χ1n) is 15.5. The third-order valence-corrected chi connectivity index (χ3v) is 8.84. The second-order valence-electron chi connectivity index (χ2n) is 11.8. The zero-order valence-corrected chi connectivity index (χ0v) is 24.6. The van der Waals surface area contributed by atoms with Crippen LogP contribution in [0.15, 0.2) is 54.6 Å². The second-order valence-corrected chi connectivity index (χ2v) is 11.8. The van der Waals surface area contributed by atoms with Crippen LogP contribution in [0, 0.1) is 0 Å². The Labute approximate surface area is 252 Å². The fraction of sp³-hybridized carbons (Fsp3) is 0.412. The van der Waals surface area contributed by atoms with Crippen molar-refractivity contribution in [2.75, 3.05) is 37.2 Å². The largest absolute Gasteiger partial charge is 0.480 e. The van der Waals surface area contributed by atoms with Crippen molar-refractivity contribution in [2.45, 2.75) is 64.0 Å². The minimum absolute atomic E-state index is 0.0321. The molecule has 1 unspecified atom stereocenters. The van der Waals surface area contributed by atoms with Gasteiger partial charge in [0.2, 0.25) is 5.91 Å². The van der Waals surface area contributed by atoms with Crippen LogP contribution in [-0.2, 0) is 29.0 Å². The highest BCUT2D eigenvalue weighted by molar-refractivity contribution is 5.93. The lowest BCUT2D eigenvalue weighted by molar-refractivity contribution is -0.149. The number of pyridine rings is 2. The number of nitrogens with two attached hydrogens (primary N) is 1. The summed E-state index contributed by atoms with van der Waals surface area (Å²) in [6.45, 7) is 2.43. The summed E-state index contributed by atoms with van der Waals surface area (Å²) in [5.41, 5.74) is 13.1. The molecule has 4 aromatic rings. The number of anilines is 2. The molecule has 9 nitrogen and oxygen atoms in total. The van der Waals surface area contributed by atoms with Crippen LogP contribution in [0.2, 0.25) is 0 Å². The van der Waals surface area contributed by atoms with E-state index in [2.05, 4.69) is 28.5 Å². The first-order valence-corrected chi connectivity index (χ1v) is 15.5. The van der Waals surface area contributed by atoms with Crippen molar-refractivity contribution < 1.29 is 14.7 Å². The summed E-state index contributed by atoms with van der Waals surface area (Å²) in [5, 5.41) is 15.8. The van der Waals surface area contributed by atoms with Gasteiger partial charge in [0.05, 0.1) is 22.4 Å². The molecule has 0 bridgehead atoms. The van der Waals surface area contributed by atoms with Crippen LogP contribution in [0.3, 0.4) is 0 Å². The number of nitrogen functional groups attached to an aromatic ring is 1. The summed E-state index contributed by atoms with van der Waals surface area (Å²) >= 11 is 0. The molecular formula is C34H40N6O3. The summed E-state index contributed by atoms with van der Waals surface area (Å²) in [6, 6.07) is 17.1. The van der Waals surface area contributed by atoms with E-state index in [0.717, 1.165) is 60.8 Å². The van der Waals surface area contributed by atoms with Gasteiger partial charge in [-0.15, -0.1) is 0 Å². The number of nitrogens with one attached hydrogen (secondary N) is 1. The minimum Gasteiger partial charge on any atom is -0.480 e. The second kappa shape index (κ2) is 13.0. The van der Waals surface area contributed by atoms with E-state index in [4.69, 9.17) is 10.7 Å². The van der Waals surface area contributed by atoms with Crippen molar-refractivity contribution in [3.63, 3.8) is 0 Å². The van der Waals surface area contributed by atoms with Gasteiger partial charge in [0.1, 0.15) is 6.04 Å². The fourth-order valence-corrected chi connectivity index (χ4v) is 6.50. The molecule has 3 heterocycles. The number of unbranched alkanes of at least 4 members (excludes halogenated alkanes) is 2. The number of rotatable bonds is 10. The summed E-state index contributed by atoms with van der Waals surface area (Å²) in [5.74, 6) is -0.889. The summed E-state index contributed by atoms with van der Waals surface area (Å²) in [4.78, 5) is 38.4. The van der Waals surface area contributed by atoms with E-state index in [0.29, 0.717) is 31.7 Å². The van der Waals surface area contributed by atoms with Gasteiger partial charge < -0.3 is 21.1 Å². The van der Waals surface area contributed by atoms with Crippen LogP contribution in [0.5, 0.6) is 0 Å². The van der Waals surface area contributed by atoms with Crippen LogP contribution in [0.4, 0.5) is 11.4 Å². The van der Waals surface area contributed by atoms with Crippen molar-refractivity contribution in [1.82, 2.24) is 19.8 Å². The molecule has 2 aliphatic rings. The van der Waals surface area contributed by atoms with Crippen LogP contribution in [-0.4, -0.2) is 69.0 Å². The molecule has 9 heteroatoms. The van der Waals surface area contributed by atoms with Crippen molar-refractivity contribution in [1.29, 1.82) is 0 Å². The van der Waals surface area contributed by atoms with Gasteiger partial charge in [0.25, 0.3) is 0 Å². The molecular weight excluding hydrogens is 540 g/mol. The average molecular weight is 581 g/mol. The number of aliphatic carboxylic acids is 1. The molecule has 43 heavy (non-hydrogen) atoms. The Morgan fingerprint density at radius 3 is 2.70 bits per heavy atom. The van der Waals surface area contributed by atoms with Crippen molar-refractivity contribution >= 4 is 45.1 Å². The smallest absolute Gasteiger partial charge is 0.322 e. The molecule has 6 rings (SSSR count). The third kappa shape index (κ3) is 6.41. The highest BCUT2D eigenvalue weighted by Gasteiger charge is 2.34. The van der Waals surface area contributed by atoms with E-state index in [1.54, 1.807) is 4.90 Å². The molecule has 2 aromatic carbocycles. The number of para-hydroxylation sites is 2. The Bertz CT molecular complexity index is 1640.